The van der Waals surface area contributed by atoms with Gasteiger partial charge in [-0.2, -0.15) is 11.8 Å². The maximum Gasteiger partial charge on any atom is 0.0300 e. The van der Waals surface area contributed by atoms with Crippen molar-refractivity contribution in [1.29, 1.82) is 0 Å². The van der Waals surface area contributed by atoms with Gasteiger partial charge in [-0.05, 0) is 36.0 Å². The summed E-state index contributed by atoms with van der Waals surface area (Å²) in [5.74, 6) is 3.48. The molecular weight excluding hydrogens is 212 g/mol. The van der Waals surface area contributed by atoms with E-state index in [0.717, 1.165) is 17.1 Å². The monoisotopic (exact) mass is 232 g/mol. The van der Waals surface area contributed by atoms with Crippen LogP contribution in [0.2, 0.25) is 0 Å². The Kier molecular flexibility index (Phi) is 3.23. The lowest BCUT2D eigenvalue weighted by molar-refractivity contribution is 0.237. The van der Waals surface area contributed by atoms with Gasteiger partial charge >= 0.3 is 0 Å². The van der Waals surface area contributed by atoms with Crippen LogP contribution in [0.1, 0.15) is 42.9 Å². The van der Waals surface area contributed by atoms with Crippen molar-refractivity contribution >= 4 is 11.8 Å². The Morgan fingerprint density at radius 3 is 2.50 bits per heavy atom. The first-order chi connectivity index (χ1) is 7.93. The van der Waals surface area contributed by atoms with Crippen molar-refractivity contribution in [2.45, 2.75) is 37.4 Å². The van der Waals surface area contributed by atoms with Gasteiger partial charge in [0, 0.05) is 5.25 Å². The van der Waals surface area contributed by atoms with Gasteiger partial charge in [0.15, 0.2) is 0 Å². The van der Waals surface area contributed by atoms with Gasteiger partial charge < -0.3 is 0 Å². The minimum Gasteiger partial charge on any atom is -0.153 e. The molecule has 86 valence electrons. The van der Waals surface area contributed by atoms with Crippen LogP contribution in [0, 0.1) is 11.8 Å². The molecule has 2 aliphatic rings. The van der Waals surface area contributed by atoms with Crippen LogP contribution in [-0.2, 0) is 0 Å². The number of rotatable bonds is 1. The molecule has 1 saturated heterocycles. The summed E-state index contributed by atoms with van der Waals surface area (Å²) in [6.07, 6.45) is 7.39. The van der Waals surface area contributed by atoms with E-state index >= 15 is 0 Å². The van der Waals surface area contributed by atoms with Crippen LogP contribution in [0.4, 0.5) is 0 Å². The second kappa shape index (κ2) is 4.83. The fourth-order valence-electron chi connectivity index (χ4n) is 3.30. The first kappa shape index (κ1) is 10.7. The van der Waals surface area contributed by atoms with Crippen molar-refractivity contribution in [3.05, 3.63) is 35.9 Å². The number of benzene rings is 1. The minimum atomic E-state index is 0.778. The summed E-state index contributed by atoms with van der Waals surface area (Å²) >= 11 is 2.20. The molecule has 1 heteroatoms. The molecule has 3 rings (SSSR count). The summed E-state index contributed by atoms with van der Waals surface area (Å²) in [6.45, 7) is 0. The normalized spacial score (nSPS) is 34.4. The number of fused-ring (bicyclic) bond motifs is 1. The van der Waals surface area contributed by atoms with Gasteiger partial charge in [-0.3, -0.25) is 0 Å². The minimum absolute atomic E-state index is 0.778. The largest absolute Gasteiger partial charge is 0.153 e. The summed E-state index contributed by atoms with van der Waals surface area (Å²) in [5.41, 5.74) is 1.55. The van der Waals surface area contributed by atoms with E-state index in [1.54, 1.807) is 5.56 Å². The van der Waals surface area contributed by atoms with E-state index in [4.69, 9.17) is 0 Å². The predicted octanol–water partition coefficient (Wildman–Crippen LogP) is 4.67. The molecule has 2 fully saturated rings. The lowest BCUT2D eigenvalue weighted by Crippen LogP contribution is -2.27. The molecule has 1 aliphatic carbocycles. The predicted molar refractivity (Wildman–Crippen MR) is 71.7 cm³/mol. The van der Waals surface area contributed by atoms with Crippen LogP contribution < -0.4 is 0 Å². The third kappa shape index (κ3) is 2.15. The highest BCUT2D eigenvalue weighted by Gasteiger charge is 2.32. The second-order valence-electron chi connectivity index (χ2n) is 5.27. The molecule has 0 radical (unpaired) electrons. The summed E-state index contributed by atoms with van der Waals surface area (Å²) in [7, 11) is 0. The van der Waals surface area contributed by atoms with E-state index in [0.29, 0.717) is 0 Å². The Morgan fingerprint density at radius 2 is 1.69 bits per heavy atom. The summed E-state index contributed by atoms with van der Waals surface area (Å²) < 4.78 is 0. The molecule has 0 aromatic heterocycles. The molecule has 0 amide bonds. The zero-order valence-corrected chi connectivity index (χ0v) is 10.6. The second-order valence-corrected chi connectivity index (χ2v) is 6.51. The van der Waals surface area contributed by atoms with Crippen molar-refractivity contribution < 1.29 is 0 Å². The Balaban J connectivity index is 1.71. The lowest BCUT2D eigenvalue weighted by atomic mass is 9.77. The van der Waals surface area contributed by atoms with E-state index in [2.05, 4.69) is 42.1 Å². The first-order valence-electron chi connectivity index (χ1n) is 6.60. The number of thioether (sulfide) groups is 1. The molecule has 0 bridgehead atoms. The molecule has 16 heavy (non-hydrogen) atoms. The molecule has 1 heterocycles. The molecule has 1 aromatic rings. The third-order valence-corrected chi connectivity index (χ3v) is 5.75. The van der Waals surface area contributed by atoms with Crippen LogP contribution in [0.15, 0.2) is 30.3 Å². The molecular formula is C15H20S. The van der Waals surface area contributed by atoms with Gasteiger partial charge in [0.2, 0.25) is 0 Å². The van der Waals surface area contributed by atoms with E-state index in [1.165, 1.54) is 37.9 Å². The van der Waals surface area contributed by atoms with Crippen LogP contribution in [-0.4, -0.2) is 5.75 Å². The molecule has 1 aromatic carbocycles. The summed E-state index contributed by atoms with van der Waals surface area (Å²) in [6, 6.07) is 11.1. The first-order valence-corrected chi connectivity index (χ1v) is 7.65. The molecule has 0 nitrogen and oxygen atoms in total. The highest BCUT2D eigenvalue weighted by atomic mass is 32.2. The Labute approximate surface area is 103 Å². The topological polar surface area (TPSA) is 0 Å². The highest BCUT2D eigenvalue weighted by molar-refractivity contribution is 7.99. The van der Waals surface area contributed by atoms with Crippen LogP contribution in [0.5, 0.6) is 0 Å². The van der Waals surface area contributed by atoms with Crippen molar-refractivity contribution in [1.82, 2.24) is 0 Å². The van der Waals surface area contributed by atoms with Crippen molar-refractivity contribution in [3.63, 3.8) is 0 Å². The van der Waals surface area contributed by atoms with Gasteiger partial charge in [0.25, 0.3) is 0 Å². The van der Waals surface area contributed by atoms with Crippen molar-refractivity contribution in [2.24, 2.45) is 11.8 Å². The SMILES string of the molecule is c1ccc([C@H]2C[C@H]3CCCC[C@@H]3CS2)cc1. The van der Waals surface area contributed by atoms with Gasteiger partial charge in [-0.25, -0.2) is 0 Å². The Bertz CT molecular complexity index is 333. The lowest BCUT2D eigenvalue weighted by Gasteiger charge is -2.39. The number of hydrogen-bond acceptors (Lipinski definition) is 1. The molecule has 0 unspecified atom stereocenters. The average molecular weight is 232 g/mol. The maximum absolute atomic E-state index is 2.31. The van der Waals surface area contributed by atoms with Crippen LogP contribution in [0.3, 0.4) is 0 Å². The number of hydrogen-bond donors (Lipinski definition) is 0. The molecule has 0 spiro atoms. The third-order valence-electron chi connectivity index (χ3n) is 4.27. The molecule has 0 N–H and O–H groups in total. The fraction of sp³-hybridized carbons (Fsp3) is 0.600. The molecule has 3 atom stereocenters. The molecule has 1 saturated carbocycles. The van der Waals surface area contributed by atoms with Crippen molar-refractivity contribution in [2.75, 3.05) is 5.75 Å². The Morgan fingerprint density at radius 1 is 0.938 bits per heavy atom. The summed E-state index contributed by atoms with van der Waals surface area (Å²) in [5, 5.41) is 0.778. The zero-order chi connectivity index (χ0) is 10.8. The van der Waals surface area contributed by atoms with Gasteiger partial charge in [-0.1, -0.05) is 49.6 Å². The van der Waals surface area contributed by atoms with E-state index in [-0.39, 0.29) is 0 Å². The van der Waals surface area contributed by atoms with Crippen LogP contribution in [0.25, 0.3) is 0 Å². The maximum atomic E-state index is 2.31. The molecule has 1 aliphatic heterocycles. The van der Waals surface area contributed by atoms with E-state index in [1.807, 2.05) is 0 Å². The van der Waals surface area contributed by atoms with Crippen LogP contribution >= 0.6 is 11.8 Å². The quantitative estimate of drug-likeness (QED) is 0.678. The Hall–Kier alpha value is -0.430. The van der Waals surface area contributed by atoms with E-state index < -0.39 is 0 Å². The average Bonchev–Trinajstić information content (AvgIpc) is 2.39. The fourth-order valence-corrected chi connectivity index (χ4v) is 4.95. The summed E-state index contributed by atoms with van der Waals surface area (Å²) in [4.78, 5) is 0. The standard InChI is InChI=1S/C15H20S/c1-2-6-12(7-3-1)15-10-13-8-4-5-9-14(13)11-16-15/h1-3,6-7,13-15H,4-5,8-11H2/t13-,14-,15-/m1/s1. The van der Waals surface area contributed by atoms with Gasteiger partial charge in [0.05, 0.1) is 0 Å². The van der Waals surface area contributed by atoms with E-state index in [9.17, 15) is 0 Å². The zero-order valence-electron chi connectivity index (χ0n) is 9.77. The van der Waals surface area contributed by atoms with Crippen molar-refractivity contribution in [3.8, 4) is 0 Å². The van der Waals surface area contributed by atoms with Gasteiger partial charge in [-0.15, -0.1) is 0 Å². The van der Waals surface area contributed by atoms with Gasteiger partial charge in [0.1, 0.15) is 0 Å². The highest BCUT2D eigenvalue weighted by Crippen LogP contribution is 2.48. The smallest absolute Gasteiger partial charge is 0.0300 e.